The van der Waals surface area contributed by atoms with E-state index in [1.165, 1.54) is 0 Å². The zero-order valence-corrected chi connectivity index (χ0v) is 15.1. The first-order valence-electron chi connectivity index (χ1n) is 7.56. The average molecular weight is 374 g/mol. The van der Waals surface area contributed by atoms with E-state index in [0.717, 1.165) is 32.4 Å². The SMILES string of the molecule is CC.COc1cc(Br)c2ncc(OCc3ccccc3)cc2c1. The topological polar surface area (TPSA) is 31.4 Å². The fraction of sp³-hybridized carbons (Fsp3) is 0.211. The fourth-order valence-corrected chi connectivity index (χ4v) is 2.65. The molecule has 120 valence electrons. The van der Waals surface area contributed by atoms with Crippen LogP contribution in [-0.4, -0.2) is 12.1 Å². The monoisotopic (exact) mass is 373 g/mol. The van der Waals surface area contributed by atoms with Gasteiger partial charge in [-0.1, -0.05) is 44.2 Å². The molecule has 1 heterocycles. The zero-order valence-electron chi connectivity index (χ0n) is 13.5. The van der Waals surface area contributed by atoms with E-state index in [1.807, 2.05) is 62.4 Å². The van der Waals surface area contributed by atoms with Gasteiger partial charge in [-0.15, -0.1) is 0 Å². The highest BCUT2D eigenvalue weighted by atomic mass is 79.9. The Morgan fingerprint density at radius 1 is 1.00 bits per heavy atom. The summed E-state index contributed by atoms with van der Waals surface area (Å²) in [5, 5.41) is 0.979. The Bertz CT molecular complexity index is 760. The molecule has 23 heavy (non-hydrogen) atoms. The van der Waals surface area contributed by atoms with Gasteiger partial charge >= 0.3 is 0 Å². The van der Waals surface area contributed by atoms with Crippen molar-refractivity contribution in [3.63, 3.8) is 0 Å². The minimum atomic E-state index is 0.527. The fourth-order valence-electron chi connectivity index (χ4n) is 2.10. The first-order valence-corrected chi connectivity index (χ1v) is 8.35. The number of hydrogen-bond donors (Lipinski definition) is 0. The highest BCUT2D eigenvalue weighted by Gasteiger charge is 2.06. The molecule has 0 saturated carbocycles. The molecule has 0 aliphatic carbocycles. The standard InChI is InChI=1S/C17H14BrNO2.C2H6/c1-20-14-7-13-8-15(10-19-17(13)16(18)9-14)21-11-12-5-3-2-4-6-12;1-2/h2-10H,11H2,1H3;1-2H3. The van der Waals surface area contributed by atoms with Crippen LogP contribution in [0.5, 0.6) is 11.5 Å². The molecule has 0 fully saturated rings. The van der Waals surface area contributed by atoms with Crippen LogP contribution in [0.15, 0.2) is 59.2 Å². The number of hydrogen-bond acceptors (Lipinski definition) is 3. The van der Waals surface area contributed by atoms with Gasteiger partial charge in [-0.25, -0.2) is 0 Å². The largest absolute Gasteiger partial charge is 0.497 e. The molecular formula is C19H20BrNO2. The van der Waals surface area contributed by atoms with Crippen molar-refractivity contribution in [2.24, 2.45) is 0 Å². The molecule has 2 aromatic carbocycles. The lowest BCUT2D eigenvalue weighted by Gasteiger charge is -2.09. The van der Waals surface area contributed by atoms with Gasteiger partial charge in [-0.3, -0.25) is 4.98 Å². The molecule has 0 N–H and O–H groups in total. The third kappa shape index (κ3) is 4.45. The van der Waals surface area contributed by atoms with E-state index in [1.54, 1.807) is 13.3 Å². The van der Waals surface area contributed by atoms with Gasteiger partial charge in [-0.2, -0.15) is 0 Å². The van der Waals surface area contributed by atoms with Gasteiger partial charge in [0.1, 0.15) is 18.1 Å². The molecule has 0 aliphatic heterocycles. The van der Waals surface area contributed by atoms with Gasteiger partial charge in [0.25, 0.3) is 0 Å². The lowest BCUT2D eigenvalue weighted by atomic mass is 10.2. The molecule has 4 heteroatoms. The molecule has 0 spiro atoms. The number of pyridine rings is 1. The van der Waals surface area contributed by atoms with Crippen molar-refractivity contribution in [2.75, 3.05) is 7.11 Å². The van der Waals surface area contributed by atoms with E-state index in [9.17, 15) is 0 Å². The van der Waals surface area contributed by atoms with Crippen LogP contribution in [0.1, 0.15) is 19.4 Å². The molecule has 3 rings (SSSR count). The summed E-state index contributed by atoms with van der Waals surface area (Å²) in [7, 11) is 1.65. The van der Waals surface area contributed by atoms with E-state index < -0.39 is 0 Å². The third-order valence-corrected chi connectivity index (χ3v) is 3.77. The Balaban J connectivity index is 0.000000924. The maximum Gasteiger partial charge on any atom is 0.138 e. The van der Waals surface area contributed by atoms with Crippen molar-refractivity contribution in [1.82, 2.24) is 4.98 Å². The Hall–Kier alpha value is -2.07. The van der Waals surface area contributed by atoms with Crippen LogP contribution >= 0.6 is 15.9 Å². The third-order valence-electron chi connectivity index (χ3n) is 3.17. The van der Waals surface area contributed by atoms with Crippen LogP contribution in [0.25, 0.3) is 10.9 Å². The second-order valence-electron chi connectivity index (χ2n) is 4.63. The maximum absolute atomic E-state index is 5.79. The maximum atomic E-state index is 5.79. The number of ether oxygens (including phenoxy) is 2. The zero-order chi connectivity index (χ0) is 16.7. The summed E-state index contributed by atoms with van der Waals surface area (Å²) in [6, 6.07) is 15.9. The van der Waals surface area contributed by atoms with Crippen molar-refractivity contribution in [1.29, 1.82) is 0 Å². The smallest absolute Gasteiger partial charge is 0.138 e. The van der Waals surface area contributed by atoms with Crippen LogP contribution in [-0.2, 0) is 6.61 Å². The number of rotatable bonds is 4. The predicted octanol–water partition coefficient (Wildman–Crippen LogP) is 5.61. The first kappa shape index (κ1) is 17.3. The summed E-state index contributed by atoms with van der Waals surface area (Å²) >= 11 is 3.51. The summed E-state index contributed by atoms with van der Waals surface area (Å²) in [5.41, 5.74) is 2.02. The summed E-state index contributed by atoms with van der Waals surface area (Å²) in [5.74, 6) is 1.53. The van der Waals surface area contributed by atoms with Crippen molar-refractivity contribution in [3.8, 4) is 11.5 Å². The second kappa shape index (κ2) is 8.53. The normalized spacial score (nSPS) is 9.91. The number of fused-ring (bicyclic) bond motifs is 1. The van der Waals surface area contributed by atoms with Gasteiger partial charge in [-0.05, 0) is 39.7 Å². The minimum absolute atomic E-state index is 0.527. The van der Waals surface area contributed by atoms with Crippen LogP contribution in [0.4, 0.5) is 0 Å². The van der Waals surface area contributed by atoms with Crippen molar-refractivity contribution >= 4 is 26.8 Å². The molecule has 0 atom stereocenters. The van der Waals surface area contributed by atoms with Crippen molar-refractivity contribution < 1.29 is 9.47 Å². The van der Waals surface area contributed by atoms with Gasteiger partial charge < -0.3 is 9.47 Å². The molecule has 3 nitrogen and oxygen atoms in total. The Morgan fingerprint density at radius 3 is 2.39 bits per heavy atom. The van der Waals surface area contributed by atoms with E-state index in [4.69, 9.17) is 9.47 Å². The molecule has 1 aromatic heterocycles. The van der Waals surface area contributed by atoms with Crippen molar-refractivity contribution in [2.45, 2.75) is 20.5 Å². The lowest BCUT2D eigenvalue weighted by Crippen LogP contribution is -1.96. The summed E-state index contributed by atoms with van der Waals surface area (Å²) < 4.78 is 12.0. The molecule has 0 aliphatic rings. The van der Waals surface area contributed by atoms with Crippen LogP contribution in [0.3, 0.4) is 0 Å². The van der Waals surface area contributed by atoms with Gasteiger partial charge in [0.05, 0.1) is 18.8 Å². The quantitative estimate of drug-likeness (QED) is 0.595. The Morgan fingerprint density at radius 2 is 1.70 bits per heavy atom. The highest BCUT2D eigenvalue weighted by Crippen LogP contribution is 2.30. The molecule has 0 amide bonds. The second-order valence-corrected chi connectivity index (χ2v) is 5.48. The molecule has 0 unspecified atom stereocenters. The summed E-state index contributed by atoms with van der Waals surface area (Å²) in [6.45, 7) is 4.53. The molecule has 0 bridgehead atoms. The van der Waals surface area contributed by atoms with Gasteiger partial charge in [0, 0.05) is 9.86 Å². The molecule has 3 aromatic rings. The van der Waals surface area contributed by atoms with Crippen LogP contribution in [0, 0.1) is 0 Å². The highest BCUT2D eigenvalue weighted by molar-refractivity contribution is 9.10. The van der Waals surface area contributed by atoms with Gasteiger partial charge in [0.15, 0.2) is 0 Å². The minimum Gasteiger partial charge on any atom is -0.497 e. The van der Waals surface area contributed by atoms with Crippen LogP contribution in [0.2, 0.25) is 0 Å². The molecule has 0 radical (unpaired) electrons. The van der Waals surface area contributed by atoms with E-state index in [-0.39, 0.29) is 0 Å². The number of aromatic nitrogens is 1. The molecular weight excluding hydrogens is 354 g/mol. The first-order chi connectivity index (χ1) is 11.3. The van der Waals surface area contributed by atoms with E-state index in [2.05, 4.69) is 20.9 Å². The Labute approximate surface area is 145 Å². The average Bonchev–Trinajstić information content (AvgIpc) is 2.62. The van der Waals surface area contributed by atoms with Crippen molar-refractivity contribution in [3.05, 3.63) is 64.8 Å². The number of halogens is 1. The summed E-state index contributed by atoms with van der Waals surface area (Å²) in [4.78, 5) is 4.44. The lowest BCUT2D eigenvalue weighted by molar-refractivity contribution is 0.305. The predicted molar refractivity (Wildman–Crippen MR) is 98.1 cm³/mol. The summed E-state index contributed by atoms with van der Waals surface area (Å²) in [6.07, 6.45) is 1.74. The van der Waals surface area contributed by atoms with Gasteiger partial charge in [0.2, 0.25) is 0 Å². The Kier molecular flexibility index (Phi) is 6.41. The van der Waals surface area contributed by atoms with E-state index in [0.29, 0.717) is 6.61 Å². The van der Waals surface area contributed by atoms with Crippen LogP contribution < -0.4 is 9.47 Å². The molecule has 0 saturated heterocycles. The number of benzene rings is 2. The number of methoxy groups -OCH3 is 1. The number of nitrogens with zero attached hydrogens (tertiary/aromatic N) is 1. The van der Waals surface area contributed by atoms with E-state index >= 15 is 0 Å².